The molecule has 134 valence electrons. The minimum atomic E-state index is -0.569. The summed E-state index contributed by atoms with van der Waals surface area (Å²) in [5, 5.41) is 3.88. The van der Waals surface area contributed by atoms with Gasteiger partial charge in [0.15, 0.2) is 0 Å². The summed E-state index contributed by atoms with van der Waals surface area (Å²) in [6.07, 6.45) is 0. The zero-order valence-electron chi connectivity index (χ0n) is 14.3. The Kier molecular flexibility index (Phi) is 5.14. The molecule has 0 aliphatic rings. The SMILES string of the molecule is CCOc1ccc2cc(C(=O)Nc3ccc(Cl)c(C(=O)OC)c3)[nH]c2c1. The zero-order valence-corrected chi connectivity index (χ0v) is 15.0. The highest BCUT2D eigenvalue weighted by Crippen LogP contribution is 2.24. The van der Waals surface area contributed by atoms with E-state index < -0.39 is 5.97 Å². The normalized spacial score (nSPS) is 10.6. The molecule has 0 atom stereocenters. The molecule has 0 fully saturated rings. The van der Waals surface area contributed by atoms with Crippen molar-refractivity contribution in [3.8, 4) is 5.75 Å². The Morgan fingerprint density at radius 3 is 2.69 bits per heavy atom. The number of rotatable bonds is 5. The van der Waals surface area contributed by atoms with Gasteiger partial charge in [0.1, 0.15) is 11.4 Å². The molecule has 0 aliphatic carbocycles. The number of carbonyl (C=O) groups is 2. The fourth-order valence-corrected chi connectivity index (χ4v) is 2.75. The van der Waals surface area contributed by atoms with E-state index in [1.807, 2.05) is 25.1 Å². The van der Waals surface area contributed by atoms with Crippen LogP contribution in [0.3, 0.4) is 0 Å². The summed E-state index contributed by atoms with van der Waals surface area (Å²) in [6.45, 7) is 2.48. The first-order valence-corrected chi connectivity index (χ1v) is 8.34. The summed E-state index contributed by atoms with van der Waals surface area (Å²) in [5.41, 5.74) is 1.81. The number of nitrogens with one attached hydrogen (secondary N) is 2. The molecule has 1 heterocycles. The second-order valence-electron chi connectivity index (χ2n) is 5.51. The van der Waals surface area contributed by atoms with Crippen LogP contribution in [0.2, 0.25) is 5.02 Å². The number of ether oxygens (including phenoxy) is 2. The van der Waals surface area contributed by atoms with E-state index in [0.29, 0.717) is 18.0 Å². The monoisotopic (exact) mass is 372 g/mol. The number of esters is 1. The zero-order chi connectivity index (χ0) is 18.7. The van der Waals surface area contributed by atoms with Gasteiger partial charge in [0.05, 0.1) is 24.3 Å². The molecule has 0 radical (unpaired) electrons. The lowest BCUT2D eigenvalue weighted by Crippen LogP contribution is -2.13. The molecule has 3 rings (SSSR count). The van der Waals surface area contributed by atoms with Gasteiger partial charge in [0, 0.05) is 22.7 Å². The Balaban J connectivity index is 1.84. The number of aromatic amines is 1. The van der Waals surface area contributed by atoms with E-state index >= 15 is 0 Å². The molecule has 7 heteroatoms. The van der Waals surface area contributed by atoms with Gasteiger partial charge in [-0.2, -0.15) is 0 Å². The van der Waals surface area contributed by atoms with Crippen molar-refractivity contribution in [3.63, 3.8) is 0 Å². The molecular formula is C19H17ClN2O4. The number of benzene rings is 2. The number of halogens is 1. The van der Waals surface area contributed by atoms with Crippen molar-refractivity contribution in [1.82, 2.24) is 4.98 Å². The van der Waals surface area contributed by atoms with Crippen LogP contribution in [0.4, 0.5) is 5.69 Å². The fourth-order valence-electron chi connectivity index (χ4n) is 2.55. The molecule has 0 saturated heterocycles. The molecule has 6 nitrogen and oxygen atoms in total. The Morgan fingerprint density at radius 1 is 1.15 bits per heavy atom. The highest BCUT2D eigenvalue weighted by Gasteiger charge is 2.14. The number of fused-ring (bicyclic) bond motifs is 1. The van der Waals surface area contributed by atoms with E-state index in [1.54, 1.807) is 12.1 Å². The van der Waals surface area contributed by atoms with Crippen molar-refractivity contribution in [2.45, 2.75) is 6.92 Å². The molecule has 0 aliphatic heterocycles. The maximum absolute atomic E-state index is 12.5. The third kappa shape index (κ3) is 3.65. The summed E-state index contributed by atoms with van der Waals surface area (Å²) in [6, 6.07) is 11.9. The molecule has 26 heavy (non-hydrogen) atoms. The second kappa shape index (κ2) is 7.49. The average molecular weight is 373 g/mol. The number of carbonyl (C=O) groups excluding carboxylic acids is 2. The first-order valence-electron chi connectivity index (χ1n) is 7.96. The summed E-state index contributed by atoms with van der Waals surface area (Å²) < 4.78 is 10.1. The van der Waals surface area contributed by atoms with Crippen molar-refractivity contribution in [3.05, 3.63) is 58.7 Å². The largest absolute Gasteiger partial charge is 0.494 e. The van der Waals surface area contributed by atoms with Gasteiger partial charge in [-0.1, -0.05) is 11.6 Å². The lowest BCUT2D eigenvalue weighted by atomic mass is 10.2. The number of hydrogen-bond donors (Lipinski definition) is 2. The number of anilines is 1. The van der Waals surface area contributed by atoms with E-state index in [0.717, 1.165) is 16.7 Å². The minimum absolute atomic E-state index is 0.185. The predicted molar refractivity (Wildman–Crippen MR) is 100 cm³/mol. The molecular weight excluding hydrogens is 356 g/mol. The number of hydrogen-bond acceptors (Lipinski definition) is 4. The third-order valence-corrected chi connectivity index (χ3v) is 4.11. The minimum Gasteiger partial charge on any atom is -0.494 e. The number of H-pyrrole nitrogens is 1. The molecule has 2 N–H and O–H groups in total. The van der Waals surface area contributed by atoms with Gasteiger partial charge in [-0.25, -0.2) is 4.79 Å². The molecule has 1 amide bonds. The van der Waals surface area contributed by atoms with Crippen molar-refractivity contribution in [2.24, 2.45) is 0 Å². The van der Waals surface area contributed by atoms with Gasteiger partial charge in [-0.3, -0.25) is 4.79 Å². The van der Waals surface area contributed by atoms with Gasteiger partial charge < -0.3 is 19.8 Å². The topological polar surface area (TPSA) is 80.4 Å². The number of amides is 1. The Labute approximate surface area is 155 Å². The van der Waals surface area contributed by atoms with Crippen LogP contribution in [-0.4, -0.2) is 30.6 Å². The van der Waals surface area contributed by atoms with Crippen molar-refractivity contribution >= 4 is 40.1 Å². The van der Waals surface area contributed by atoms with Gasteiger partial charge in [-0.05, 0) is 43.3 Å². The average Bonchev–Trinajstić information content (AvgIpc) is 3.06. The molecule has 0 unspecified atom stereocenters. The summed E-state index contributed by atoms with van der Waals surface area (Å²) >= 11 is 5.99. The van der Waals surface area contributed by atoms with Crippen LogP contribution in [-0.2, 0) is 4.74 Å². The van der Waals surface area contributed by atoms with E-state index in [9.17, 15) is 9.59 Å². The van der Waals surface area contributed by atoms with Crippen LogP contribution < -0.4 is 10.1 Å². The van der Waals surface area contributed by atoms with Crippen molar-refractivity contribution < 1.29 is 19.1 Å². The molecule has 0 saturated carbocycles. The summed E-state index contributed by atoms with van der Waals surface area (Å²) in [5.74, 6) is -0.174. The summed E-state index contributed by atoms with van der Waals surface area (Å²) in [4.78, 5) is 27.3. The maximum Gasteiger partial charge on any atom is 0.339 e. The predicted octanol–water partition coefficient (Wildman–Crippen LogP) is 4.26. The number of aromatic nitrogens is 1. The Hall–Kier alpha value is -2.99. The molecule has 0 bridgehead atoms. The standard InChI is InChI=1S/C19H17ClN2O4/c1-3-26-13-6-4-11-8-17(22-16(11)10-13)18(23)21-12-5-7-15(20)14(9-12)19(24)25-2/h4-10,22H,3H2,1-2H3,(H,21,23). The first kappa shape index (κ1) is 17.8. The van der Waals surface area contributed by atoms with Gasteiger partial charge in [0.2, 0.25) is 0 Å². The molecule has 3 aromatic rings. The highest BCUT2D eigenvalue weighted by molar-refractivity contribution is 6.33. The molecule has 1 aromatic heterocycles. The van der Waals surface area contributed by atoms with E-state index in [1.165, 1.54) is 19.2 Å². The van der Waals surface area contributed by atoms with E-state index in [-0.39, 0.29) is 16.5 Å². The smallest absolute Gasteiger partial charge is 0.339 e. The van der Waals surface area contributed by atoms with E-state index in [2.05, 4.69) is 15.0 Å². The Bertz CT molecular complexity index is 981. The van der Waals surface area contributed by atoms with Crippen molar-refractivity contribution in [2.75, 3.05) is 19.0 Å². The lowest BCUT2D eigenvalue weighted by Gasteiger charge is -2.07. The van der Waals surface area contributed by atoms with Crippen LogP contribution in [0.25, 0.3) is 10.9 Å². The molecule has 0 spiro atoms. The van der Waals surface area contributed by atoms with Crippen LogP contribution in [0.15, 0.2) is 42.5 Å². The highest BCUT2D eigenvalue weighted by atomic mass is 35.5. The van der Waals surface area contributed by atoms with Gasteiger partial charge in [0.25, 0.3) is 5.91 Å². The van der Waals surface area contributed by atoms with E-state index in [4.69, 9.17) is 16.3 Å². The number of methoxy groups -OCH3 is 1. The van der Waals surface area contributed by atoms with Gasteiger partial charge >= 0.3 is 5.97 Å². The van der Waals surface area contributed by atoms with Crippen LogP contribution >= 0.6 is 11.6 Å². The Morgan fingerprint density at radius 2 is 1.96 bits per heavy atom. The maximum atomic E-state index is 12.5. The lowest BCUT2D eigenvalue weighted by molar-refractivity contribution is 0.0600. The summed E-state index contributed by atoms with van der Waals surface area (Å²) in [7, 11) is 1.27. The van der Waals surface area contributed by atoms with Crippen LogP contribution in [0, 0.1) is 0 Å². The second-order valence-corrected chi connectivity index (χ2v) is 5.91. The fraction of sp³-hybridized carbons (Fsp3) is 0.158. The quantitative estimate of drug-likeness (QED) is 0.656. The third-order valence-electron chi connectivity index (χ3n) is 3.78. The van der Waals surface area contributed by atoms with Crippen LogP contribution in [0.1, 0.15) is 27.8 Å². The molecule has 2 aromatic carbocycles. The van der Waals surface area contributed by atoms with Crippen molar-refractivity contribution in [1.29, 1.82) is 0 Å². The van der Waals surface area contributed by atoms with Gasteiger partial charge in [-0.15, -0.1) is 0 Å². The van der Waals surface area contributed by atoms with Crippen LogP contribution in [0.5, 0.6) is 5.75 Å². The first-order chi connectivity index (χ1) is 12.5.